The molecular weight excluding hydrogens is 296 g/mol. The molecule has 1 unspecified atom stereocenters. The first kappa shape index (κ1) is 14.6. The number of amides is 1. The van der Waals surface area contributed by atoms with E-state index < -0.39 is 0 Å². The highest BCUT2D eigenvalue weighted by Gasteiger charge is 2.20. The number of carbonyl (C=O) groups is 1. The van der Waals surface area contributed by atoms with Crippen LogP contribution in [0.25, 0.3) is 11.0 Å². The van der Waals surface area contributed by atoms with Gasteiger partial charge in [-0.3, -0.25) is 4.79 Å². The lowest BCUT2D eigenvalue weighted by atomic mass is 10.3. The predicted octanol–water partition coefficient (Wildman–Crippen LogP) is 3.47. The Hall–Kier alpha value is -2.34. The second-order valence-electron chi connectivity index (χ2n) is 4.78. The number of imidazole rings is 1. The number of thioether (sulfide) groups is 1. The van der Waals surface area contributed by atoms with E-state index in [0.717, 1.165) is 16.2 Å². The number of aromatic amines is 1. The molecule has 1 aromatic carbocycles. The van der Waals surface area contributed by atoms with E-state index in [1.165, 1.54) is 11.8 Å². The number of para-hydroxylation sites is 2. The van der Waals surface area contributed by atoms with Crippen LogP contribution in [0.1, 0.15) is 13.3 Å². The molecular formula is C16H16N4OS. The molecule has 0 spiro atoms. The monoisotopic (exact) mass is 312 g/mol. The lowest BCUT2D eigenvalue weighted by Gasteiger charge is -2.12. The topological polar surface area (TPSA) is 70.7 Å². The molecule has 0 bridgehead atoms. The summed E-state index contributed by atoms with van der Waals surface area (Å²) in [4.78, 5) is 24.2. The van der Waals surface area contributed by atoms with Gasteiger partial charge in [0.2, 0.25) is 5.91 Å². The van der Waals surface area contributed by atoms with Crippen LogP contribution < -0.4 is 5.32 Å². The molecule has 0 saturated heterocycles. The number of carbonyl (C=O) groups excluding carboxylic acids is 1. The average molecular weight is 312 g/mol. The molecule has 0 aliphatic rings. The zero-order valence-corrected chi connectivity index (χ0v) is 12.9. The molecule has 0 radical (unpaired) electrons. The molecule has 2 heterocycles. The van der Waals surface area contributed by atoms with Gasteiger partial charge in [0.05, 0.1) is 16.3 Å². The molecule has 3 rings (SSSR count). The summed E-state index contributed by atoms with van der Waals surface area (Å²) >= 11 is 1.44. The number of nitrogens with zero attached hydrogens (tertiary/aromatic N) is 2. The second kappa shape index (κ2) is 6.62. The zero-order chi connectivity index (χ0) is 15.4. The number of anilines is 1. The van der Waals surface area contributed by atoms with E-state index in [0.29, 0.717) is 12.2 Å². The van der Waals surface area contributed by atoms with Crippen LogP contribution in [0.15, 0.2) is 53.8 Å². The quantitative estimate of drug-likeness (QED) is 0.708. The van der Waals surface area contributed by atoms with Gasteiger partial charge in [0, 0.05) is 6.20 Å². The van der Waals surface area contributed by atoms with Crippen molar-refractivity contribution < 1.29 is 4.79 Å². The summed E-state index contributed by atoms with van der Waals surface area (Å²) in [5, 5.41) is 3.37. The van der Waals surface area contributed by atoms with Gasteiger partial charge in [0.1, 0.15) is 5.82 Å². The van der Waals surface area contributed by atoms with E-state index in [1.807, 2.05) is 43.3 Å². The minimum atomic E-state index is -0.220. The Bertz CT molecular complexity index is 739. The van der Waals surface area contributed by atoms with Crippen LogP contribution in [0.4, 0.5) is 5.82 Å². The summed E-state index contributed by atoms with van der Waals surface area (Å²) < 4.78 is 0. The Labute approximate surface area is 132 Å². The number of rotatable bonds is 5. The molecule has 1 atom stereocenters. The number of nitrogens with one attached hydrogen (secondary N) is 2. The maximum atomic E-state index is 12.3. The SMILES string of the molecule is CCC(Sc1nc2ccccc2[nH]1)C(=O)Nc1ccccn1. The van der Waals surface area contributed by atoms with Crippen molar-refractivity contribution in [3.63, 3.8) is 0 Å². The maximum absolute atomic E-state index is 12.3. The van der Waals surface area contributed by atoms with Gasteiger partial charge in [-0.15, -0.1) is 0 Å². The van der Waals surface area contributed by atoms with Crippen molar-refractivity contribution in [2.24, 2.45) is 0 Å². The number of hydrogen-bond acceptors (Lipinski definition) is 4. The Kier molecular flexibility index (Phi) is 4.39. The Morgan fingerprint density at radius 1 is 1.27 bits per heavy atom. The lowest BCUT2D eigenvalue weighted by Crippen LogP contribution is -2.25. The number of aromatic nitrogens is 3. The first-order valence-electron chi connectivity index (χ1n) is 7.09. The van der Waals surface area contributed by atoms with E-state index in [4.69, 9.17) is 0 Å². The van der Waals surface area contributed by atoms with Gasteiger partial charge < -0.3 is 10.3 Å². The number of fused-ring (bicyclic) bond motifs is 1. The van der Waals surface area contributed by atoms with Crippen molar-refractivity contribution >= 4 is 34.5 Å². The van der Waals surface area contributed by atoms with Crippen molar-refractivity contribution in [1.29, 1.82) is 0 Å². The molecule has 0 aliphatic heterocycles. The average Bonchev–Trinajstić information content (AvgIpc) is 2.96. The number of H-pyrrole nitrogens is 1. The van der Waals surface area contributed by atoms with Crippen molar-refractivity contribution in [1.82, 2.24) is 15.0 Å². The molecule has 5 nitrogen and oxygen atoms in total. The van der Waals surface area contributed by atoms with Crippen LogP contribution >= 0.6 is 11.8 Å². The highest BCUT2D eigenvalue weighted by molar-refractivity contribution is 8.00. The third-order valence-electron chi connectivity index (χ3n) is 3.20. The fraction of sp³-hybridized carbons (Fsp3) is 0.188. The highest BCUT2D eigenvalue weighted by atomic mass is 32.2. The van der Waals surface area contributed by atoms with Crippen LogP contribution in [0.2, 0.25) is 0 Å². The first-order valence-corrected chi connectivity index (χ1v) is 7.97. The van der Waals surface area contributed by atoms with Gasteiger partial charge in [0.15, 0.2) is 5.16 Å². The summed E-state index contributed by atoms with van der Waals surface area (Å²) in [6.07, 6.45) is 2.36. The molecule has 2 N–H and O–H groups in total. The molecule has 2 aromatic heterocycles. The first-order chi connectivity index (χ1) is 10.8. The second-order valence-corrected chi connectivity index (χ2v) is 5.97. The largest absolute Gasteiger partial charge is 0.333 e. The van der Waals surface area contributed by atoms with Gasteiger partial charge in [-0.05, 0) is 30.7 Å². The van der Waals surface area contributed by atoms with Gasteiger partial charge in [0.25, 0.3) is 0 Å². The number of pyridine rings is 1. The van der Waals surface area contributed by atoms with Crippen LogP contribution in [-0.4, -0.2) is 26.1 Å². The smallest absolute Gasteiger partial charge is 0.239 e. The van der Waals surface area contributed by atoms with E-state index in [2.05, 4.69) is 20.3 Å². The molecule has 112 valence electrons. The zero-order valence-electron chi connectivity index (χ0n) is 12.1. The molecule has 0 fully saturated rings. The Morgan fingerprint density at radius 3 is 2.82 bits per heavy atom. The molecule has 22 heavy (non-hydrogen) atoms. The fourth-order valence-corrected chi connectivity index (χ4v) is 3.01. The van der Waals surface area contributed by atoms with Gasteiger partial charge >= 0.3 is 0 Å². The molecule has 6 heteroatoms. The van der Waals surface area contributed by atoms with Crippen molar-refractivity contribution in [3.8, 4) is 0 Å². The third-order valence-corrected chi connectivity index (χ3v) is 4.45. The standard InChI is InChI=1S/C16H16N4OS/c1-2-13(15(21)20-14-9-5-6-10-17-14)22-16-18-11-7-3-4-8-12(11)19-16/h3-10,13H,2H2,1H3,(H,18,19)(H,17,20,21). The van der Waals surface area contributed by atoms with E-state index in [1.54, 1.807) is 12.3 Å². The highest BCUT2D eigenvalue weighted by Crippen LogP contribution is 2.26. The summed E-state index contributed by atoms with van der Waals surface area (Å²) in [6, 6.07) is 13.3. The third kappa shape index (κ3) is 3.28. The van der Waals surface area contributed by atoms with Gasteiger partial charge in [-0.2, -0.15) is 0 Å². The minimum absolute atomic E-state index is 0.0633. The van der Waals surface area contributed by atoms with Gasteiger partial charge in [-0.25, -0.2) is 9.97 Å². The van der Waals surface area contributed by atoms with Crippen molar-refractivity contribution in [2.75, 3.05) is 5.32 Å². The molecule has 0 saturated carbocycles. The summed E-state index contributed by atoms with van der Waals surface area (Å²) in [7, 11) is 0. The van der Waals surface area contributed by atoms with Crippen LogP contribution in [-0.2, 0) is 4.79 Å². The Morgan fingerprint density at radius 2 is 2.09 bits per heavy atom. The van der Waals surface area contributed by atoms with Crippen LogP contribution in [0.5, 0.6) is 0 Å². The van der Waals surface area contributed by atoms with Crippen molar-refractivity contribution in [3.05, 3.63) is 48.7 Å². The fourth-order valence-electron chi connectivity index (χ4n) is 2.09. The summed E-state index contributed by atoms with van der Waals surface area (Å²) in [5.41, 5.74) is 1.88. The van der Waals surface area contributed by atoms with Crippen LogP contribution in [0.3, 0.4) is 0 Å². The molecule has 0 aliphatic carbocycles. The summed E-state index contributed by atoms with van der Waals surface area (Å²) in [5.74, 6) is 0.503. The molecule has 1 amide bonds. The van der Waals surface area contributed by atoms with Gasteiger partial charge in [-0.1, -0.05) is 36.9 Å². The Balaban J connectivity index is 1.72. The lowest BCUT2D eigenvalue weighted by molar-refractivity contribution is -0.115. The predicted molar refractivity (Wildman–Crippen MR) is 88.9 cm³/mol. The summed E-state index contributed by atoms with van der Waals surface area (Å²) in [6.45, 7) is 1.98. The van der Waals surface area contributed by atoms with E-state index in [9.17, 15) is 4.79 Å². The molecule has 3 aromatic rings. The minimum Gasteiger partial charge on any atom is -0.333 e. The number of hydrogen-bond donors (Lipinski definition) is 2. The van der Waals surface area contributed by atoms with Crippen molar-refractivity contribution in [2.45, 2.75) is 23.8 Å². The maximum Gasteiger partial charge on any atom is 0.239 e. The normalized spacial score (nSPS) is 12.2. The number of benzene rings is 1. The van der Waals surface area contributed by atoms with E-state index >= 15 is 0 Å². The van der Waals surface area contributed by atoms with E-state index in [-0.39, 0.29) is 11.2 Å². The van der Waals surface area contributed by atoms with Crippen LogP contribution in [0, 0.1) is 0 Å².